The van der Waals surface area contributed by atoms with Crippen molar-refractivity contribution < 1.29 is 9.53 Å². The lowest BCUT2D eigenvalue weighted by molar-refractivity contribution is 0.0402. The second-order valence-electron chi connectivity index (χ2n) is 8.63. The minimum Gasteiger partial charge on any atom is -0.370 e. The van der Waals surface area contributed by atoms with E-state index in [9.17, 15) is 4.79 Å². The number of aromatic nitrogens is 4. The molecule has 176 valence electrons. The van der Waals surface area contributed by atoms with Crippen LogP contribution in [-0.4, -0.2) is 52.8 Å². The molecule has 4 heterocycles. The summed E-state index contributed by atoms with van der Waals surface area (Å²) >= 11 is 1.62. The number of hydrogen-bond donors (Lipinski definition) is 2. The average molecular weight is 485 g/mol. The molecule has 1 aliphatic heterocycles. The lowest BCUT2D eigenvalue weighted by Crippen LogP contribution is -2.39. The van der Waals surface area contributed by atoms with Gasteiger partial charge in [0.15, 0.2) is 0 Å². The first-order chi connectivity index (χ1) is 17.1. The highest BCUT2D eigenvalue weighted by Crippen LogP contribution is 2.35. The van der Waals surface area contributed by atoms with Crippen LogP contribution in [0.1, 0.15) is 27.6 Å². The average Bonchev–Trinajstić information content (AvgIpc) is 3.56. The fourth-order valence-electron chi connectivity index (χ4n) is 4.57. The zero-order chi connectivity index (χ0) is 23.9. The second-order valence-corrected chi connectivity index (χ2v) is 9.71. The van der Waals surface area contributed by atoms with Crippen LogP contribution in [0.5, 0.6) is 0 Å². The van der Waals surface area contributed by atoms with Crippen molar-refractivity contribution in [1.29, 1.82) is 0 Å². The van der Waals surface area contributed by atoms with E-state index in [4.69, 9.17) is 9.72 Å². The van der Waals surface area contributed by atoms with Crippen LogP contribution in [0.4, 0.5) is 5.95 Å². The number of anilines is 1. The predicted molar refractivity (Wildman–Crippen MR) is 138 cm³/mol. The second kappa shape index (κ2) is 8.75. The van der Waals surface area contributed by atoms with Crippen LogP contribution in [0.15, 0.2) is 54.9 Å². The summed E-state index contributed by atoms with van der Waals surface area (Å²) in [5, 5.41) is 11.1. The molecule has 1 aliphatic rings. The van der Waals surface area contributed by atoms with Gasteiger partial charge in [-0.15, -0.1) is 11.3 Å². The molecule has 0 spiro atoms. The van der Waals surface area contributed by atoms with E-state index >= 15 is 0 Å². The molecule has 3 aromatic heterocycles. The number of hydrogen-bond acceptors (Lipinski definition) is 7. The first-order valence-corrected chi connectivity index (χ1v) is 12.3. The van der Waals surface area contributed by atoms with Crippen LogP contribution >= 0.6 is 11.3 Å². The first kappa shape index (κ1) is 21.7. The predicted octanol–water partition coefficient (Wildman–Crippen LogP) is 4.48. The van der Waals surface area contributed by atoms with Gasteiger partial charge in [0.1, 0.15) is 6.10 Å². The van der Waals surface area contributed by atoms with E-state index in [0.717, 1.165) is 49.2 Å². The van der Waals surface area contributed by atoms with E-state index in [1.54, 1.807) is 18.4 Å². The van der Waals surface area contributed by atoms with Crippen molar-refractivity contribution in [1.82, 2.24) is 25.5 Å². The molecule has 0 radical (unpaired) electrons. The molecule has 2 N–H and O–H groups in total. The number of benzene rings is 2. The topological polar surface area (TPSA) is 96.0 Å². The van der Waals surface area contributed by atoms with Gasteiger partial charge in [-0.2, -0.15) is 5.10 Å². The van der Waals surface area contributed by atoms with E-state index in [0.29, 0.717) is 24.7 Å². The molecule has 8 nitrogen and oxygen atoms in total. The van der Waals surface area contributed by atoms with Gasteiger partial charge in [0.05, 0.1) is 41.3 Å². The van der Waals surface area contributed by atoms with Crippen LogP contribution in [0.3, 0.4) is 0 Å². The van der Waals surface area contributed by atoms with Crippen molar-refractivity contribution >= 4 is 44.3 Å². The largest absolute Gasteiger partial charge is 0.370 e. The summed E-state index contributed by atoms with van der Waals surface area (Å²) in [6.07, 6.45) is 3.67. The molecule has 1 atom stereocenters. The quantitative estimate of drug-likeness (QED) is 0.391. The van der Waals surface area contributed by atoms with Gasteiger partial charge in [0.25, 0.3) is 5.91 Å². The Morgan fingerprint density at radius 2 is 2.14 bits per heavy atom. The Morgan fingerprint density at radius 3 is 3.03 bits per heavy atom. The molecule has 0 saturated carbocycles. The van der Waals surface area contributed by atoms with Crippen LogP contribution in [0, 0.1) is 6.92 Å². The van der Waals surface area contributed by atoms with Crippen LogP contribution in [-0.2, 0) is 4.74 Å². The van der Waals surface area contributed by atoms with Gasteiger partial charge < -0.3 is 15.0 Å². The molecule has 0 aliphatic carbocycles. The lowest BCUT2D eigenvalue weighted by atomic mass is 10.0. The SMILES string of the molecule is CNC(=O)c1cccc(-c2cc3nc(N4CCOC(c5ccc(C)c6[nH]ncc56)C4)ncc3s2)c1. The number of morpholine rings is 1. The van der Waals surface area contributed by atoms with E-state index in [1.165, 1.54) is 0 Å². The number of amides is 1. The van der Waals surface area contributed by atoms with E-state index in [-0.39, 0.29) is 12.0 Å². The van der Waals surface area contributed by atoms with Crippen molar-refractivity contribution in [3.8, 4) is 10.4 Å². The monoisotopic (exact) mass is 484 g/mol. The summed E-state index contributed by atoms with van der Waals surface area (Å²) in [5.41, 5.74) is 5.86. The van der Waals surface area contributed by atoms with Crippen LogP contribution in [0.2, 0.25) is 0 Å². The number of aromatic amines is 1. The first-order valence-electron chi connectivity index (χ1n) is 11.5. The van der Waals surface area contributed by atoms with E-state index in [2.05, 4.69) is 50.5 Å². The number of thiophene rings is 1. The molecule has 1 unspecified atom stereocenters. The number of nitrogens with one attached hydrogen (secondary N) is 2. The molecular weight excluding hydrogens is 460 g/mol. The maximum Gasteiger partial charge on any atom is 0.251 e. The number of ether oxygens (including phenoxy) is 1. The number of carbonyl (C=O) groups is 1. The molecule has 0 bridgehead atoms. The smallest absolute Gasteiger partial charge is 0.251 e. The van der Waals surface area contributed by atoms with Gasteiger partial charge in [-0.3, -0.25) is 9.89 Å². The molecule has 9 heteroatoms. The van der Waals surface area contributed by atoms with Crippen molar-refractivity contribution in [2.24, 2.45) is 0 Å². The van der Waals surface area contributed by atoms with Gasteiger partial charge in [0.2, 0.25) is 5.95 Å². The summed E-state index contributed by atoms with van der Waals surface area (Å²) in [7, 11) is 1.64. The summed E-state index contributed by atoms with van der Waals surface area (Å²) < 4.78 is 7.16. The van der Waals surface area contributed by atoms with Crippen LogP contribution < -0.4 is 10.2 Å². The van der Waals surface area contributed by atoms with Gasteiger partial charge in [-0.25, -0.2) is 9.97 Å². The molecular formula is C26H24N6O2S. The fourth-order valence-corrected chi connectivity index (χ4v) is 5.54. The fraction of sp³-hybridized carbons (Fsp3) is 0.231. The Kier molecular flexibility index (Phi) is 5.43. The lowest BCUT2D eigenvalue weighted by Gasteiger charge is -2.33. The Labute approximate surface area is 206 Å². The number of aryl methyl sites for hydroxylation is 1. The third kappa shape index (κ3) is 3.92. The highest BCUT2D eigenvalue weighted by atomic mass is 32.1. The van der Waals surface area contributed by atoms with Crippen molar-refractivity contribution in [2.75, 3.05) is 31.6 Å². The number of H-pyrrole nitrogens is 1. The zero-order valence-electron chi connectivity index (χ0n) is 19.4. The van der Waals surface area contributed by atoms with Crippen molar-refractivity contribution in [2.45, 2.75) is 13.0 Å². The number of rotatable bonds is 4. The molecule has 6 rings (SSSR count). The van der Waals surface area contributed by atoms with Crippen molar-refractivity contribution in [3.63, 3.8) is 0 Å². The summed E-state index contributed by atoms with van der Waals surface area (Å²) in [6, 6.07) is 13.9. The molecule has 2 aromatic carbocycles. The Balaban J connectivity index is 1.29. The molecule has 1 amide bonds. The highest BCUT2D eigenvalue weighted by molar-refractivity contribution is 7.22. The minimum atomic E-state index is -0.0989. The Morgan fingerprint density at radius 1 is 1.23 bits per heavy atom. The van der Waals surface area contributed by atoms with Gasteiger partial charge in [-0.1, -0.05) is 24.3 Å². The molecule has 1 fully saturated rings. The standard InChI is InChI=1S/C26H24N6O2S/c1-15-6-7-18(19-12-29-31-24(15)19)21-14-32(8-9-34-21)26-28-13-23-20(30-26)11-22(35-23)16-4-3-5-17(10-16)25(33)27-2/h3-7,10-13,21H,8-9,14H2,1-2H3,(H,27,33)(H,29,31). The Hall–Kier alpha value is -3.82. The van der Waals surface area contributed by atoms with Crippen molar-refractivity contribution in [3.05, 3.63) is 71.5 Å². The maximum absolute atomic E-state index is 12.0. The summed E-state index contributed by atoms with van der Waals surface area (Å²) in [6.45, 7) is 4.07. The third-order valence-corrected chi connectivity index (χ3v) is 7.56. The van der Waals surface area contributed by atoms with Gasteiger partial charge in [0, 0.05) is 29.4 Å². The third-order valence-electron chi connectivity index (χ3n) is 6.45. The molecule has 5 aromatic rings. The van der Waals surface area contributed by atoms with Gasteiger partial charge in [-0.05, 0) is 41.8 Å². The number of carbonyl (C=O) groups excluding carboxylic acids is 1. The minimum absolute atomic E-state index is 0.0887. The zero-order valence-corrected chi connectivity index (χ0v) is 20.2. The van der Waals surface area contributed by atoms with Gasteiger partial charge >= 0.3 is 0 Å². The number of nitrogens with zero attached hydrogens (tertiary/aromatic N) is 4. The molecule has 35 heavy (non-hydrogen) atoms. The number of fused-ring (bicyclic) bond motifs is 2. The van der Waals surface area contributed by atoms with E-state index in [1.807, 2.05) is 36.7 Å². The Bertz CT molecular complexity index is 1560. The summed E-state index contributed by atoms with van der Waals surface area (Å²) in [4.78, 5) is 24.8. The maximum atomic E-state index is 12.0. The summed E-state index contributed by atoms with van der Waals surface area (Å²) in [5.74, 6) is 0.600. The highest BCUT2D eigenvalue weighted by Gasteiger charge is 2.26. The van der Waals surface area contributed by atoms with E-state index < -0.39 is 0 Å². The van der Waals surface area contributed by atoms with Crippen LogP contribution in [0.25, 0.3) is 31.6 Å². The normalized spacial score (nSPS) is 16.2. The molecule has 1 saturated heterocycles.